The standard InChI is InChI=1S/C16H33N/c1-6-16(8-7-9-16)12-17-15(10-13(2)3)11-14(4)5/h13-15,17H,6-12H2,1-5H3. The van der Waals surface area contributed by atoms with Gasteiger partial charge in [0.25, 0.3) is 0 Å². The molecule has 1 saturated carbocycles. The minimum Gasteiger partial charge on any atom is -0.313 e. The van der Waals surface area contributed by atoms with Gasteiger partial charge >= 0.3 is 0 Å². The van der Waals surface area contributed by atoms with Gasteiger partial charge in [0.15, 0.2) is 0 Å². The molecule has 1 heteroatoms. The molecule has 1 N–H and O–H groups in total. The van der Waals surface area contributed by atoms with E-state index >= 15 is 0 Å². The molecule has 1 aliphatic carbocycles. The van der Waals surface area contributed by atoms with Crippen molar-refractivity contribution in [3.05, 3.63) is 0 Å². The lowest BCUT2D eigenvalue weighted by Crippen LogP contribution is -2.44. The van der Waals surface area contributed by atoms with Crippen LogP contribution in [0.15, 0.2) is 0 Å². The summed E-state index contributed by atoms with van der Waals surface area (Å²) in [7, 11) is 0. The predicted molar refractivity (Wildman–Crippen MR) is 77.3 cm³/mol. The molecule has 0 radical (unpaired) electrons. The van der Waals surface area contributed by atoms with E-state index in [0.29, 0.717) is 5.41 Å². The van der Waals surface area contributed by atoms with Gasteiger partial charge in [0.1, 0.15) is 0 Å². The Labute approximate surface area is 109 Å². The number of hydrogen-bond donors (Lipinski definition) is 1. The third-order valence-corrected chi connectivity index (χ3v) is 4.44. The van der Waals surface area contributed by atoms with E-state index in [1.165, 1.54) is 45.1 Å². The molecule has 1 aliphatic rings. The molecule has 0 atom stereocenters. The van der Waals surface area contributed by atoms with Crippen molar-refractivity contribution in [2.45, 2.75) is 79.2 Å². The topological polar surface area (TPSA) is 12.0 Å². The largest absolute Gasteiger partial charge is 0.313 e. The molecule has 1 nitrogen and oxygen atoms in total. The first-order valence-corrected chi connectivity index (χ1v) is 7.71. The first-order chi connectivity index (χ1) is 7.97. The van der Waals surface area contributed by atoms with Gasteiger partial charge in [-0.3, -0.25) is 0 Å². The fourth-order valence-corrected chi connectivity index (χ4v) is 3.09. The monoisotopic (exact) mass is 239 g/mol. The summed E-state index contributed by atoms with van der Waals surface area (Å²) in [5.41, 5.74) is 0.659. The lowest BCUT2D eigenvalue weighted by Gasteiger charge is -2.42. The summed E-state index contributed by atoms with van der Waals surface area (Å²) in [5.74, 6) is 1.62. The van der Waals surface area contributed by atoms with Crippen molar-refractivity contribution >= 4 is 0 Å². The van der Waals surface area contributed by atoms with Crippen LogP contribution in [0, 0.1) is 17.3 Å². The van der Waals surface area contributed by atoms with Gasteiger partial charge < -0.3 is 5.32 Å². The molecule has 0 saturated heterocycles. The highest BCUT2D eigenvalue weighted by atomic mass is 14.9. The summed E-state index contributed by atoms with van der Waals surface area (Å²) in [6, 6.07) is 0.735. The first-order valence-electron chi connectivity index (χ1n) is 7.71. The Hall–Kier alpha value is -0.0400. The Morgan fingerprint density at radius 3 is 1.82 bits per heavy atom. The Balaban J connectivity index is 2.36. The van der Waals surface area contributed by atoms with Crippen molar-refractivity contribution < 1.29 is 0 Å². The molecule has 0 amide bonds. The van der Waals surface area contributed by atoms with Crippen LogP contribution in [-0.4, -0.2) is 12.6 Å². The van der Waals surface area contributed by atoms with Gasteiger partial charge in [-0.15, -0.1) is 0 Å². The lowest BCUT2D eigenvalue weighted by molar-refractivity contribution is 0.115. The Morgan fingerprint density at radius 1 is 1.00 bits per heavy atom. The molecule has 0 bridgehead atoms. The van der Waals surface area contributed by atoms with Crippen LogP contribution in [0.25, 0.3) is 0 Å². The zero-order valence-electron chi connectivity index (χ0n) is 12.7. The Morgan fingerprint density at radius 2 is 1.53 bits per heavy atom. The van der Waals surface area contributed by atoms with Crippen LogP contribution in [-0.2, 0) is 0 Å². The summed E-state index contributed by atoms with van der Waals surface area (Å²) in [6.45, 7) is 13.0. The van der Waals surface area contributed by atoms with E-state index in [9.17, 15) is 0 Å². The van der Waals surface area contributed by atoms with Crippen LogP contribution in [0.5, 0.6) is 0 Å². The maximum atomic E-state index is 3.88. The molecule has 0 unspecified atom stereocenters. The molecule has 1 fully saturated rings. The van der Waals surface area contributed by atoms with Crippen LogP contribution in [0.3, 0.4) is 0 Å². The van der Waals surface area contributed by atoms with Crippen LogP contribution < -0.4 is 5.32 Å². The van der Waals surface area contributed by atoms with Crippen LogP contribution >= 0.6 is 0 Å². The van der Waals surface area contributed by atoms with Gasteiger partial charge in [-0.05, 0) is 49.4 Å². The number of nitrogens with one attached hydrogen (secondary N) is 1. The van der Waals surface area contributed by atoms with Crippen molar-refractivity contribution in [1.82, 2.24) is 5.32 Å². The Kier molecular flexibility index (Phi) is 5.99. The maximum absolute atomic E-state index is 3.88. The van der Waals surface area contributed by atoms with Crippen molar-refractivity contribution in [1.29, 1.82) is 0 Å². The van der Waals surface area contributed by atoms with Crippen molar-refractivity contribution in [2.24, 2.45) is 17.3 Å². The van der Waals surface area contributed by atoms with Gasteiger partial charge in [0, 0.05) is 12.6 Å². The predicted octanol–water partition coefficient (Wildman–Crippen LogP) is 4.62. The molecule has 0 aliphatic heterocycles. The molecular formula is C16H33N. The highest BCUT2D eigenvalue weighted by Gasteiger charge is 2.35. The van der Waals surface area contributed by atoms with Gasteiger partial charge in [-0.25, -0.2) is 0 Å². The van der Waals surface area contributed by atoms with E-state index in [4.69, 9.17) is 0 Å². The van der Waals surface area contributed by atoms with E-state index in [2.05, 4.69) is 39.9 Å². The quantitative estimate of drug-likeness (QED) is 0.652. The van der Waals surface area contributed by atoms with Crippen LogP contribution in [0.1, 0.15) is 73.1 Å². The zero-order chi connectivity index (χ0) is 12.9. The summed E-state index contributed by atoms with van der Waals surface area (Å²) >= 11 is 0. The van der Waals surface area contributed by atoms with Crippen molar-refractivity contribution in [3.63, 3.8) is 0 Å². The number of hydrogen-bond acceptors (Lipinski definition) is 1. The van der Waals surface area contributed by atoms with Gasteiger partial charge in [0.05, 0.1) is 0 Å². The molecule has 17 heavy (non-hydrogen) atoms. The molecule has 1 rings (SSSR count). The van der Waals surface area contributed by atoms with E-state index in [0.717, 1.165) is 17.9 Å². The normalized spacial score (nSPS) is 19.1. The maximum Gasteiger partial charge on any atom is 0.00721 e. The van der Waals surface area contributed by atoms with E-state index in [1.54, 1.807) is 0 Å². The summed E-state index contributed by atoms with van der Waals surface area (Å²) in [4.78, 5) is 0. The summed E-state index contributed by atoms with van der Waals surface area (Å²) in [5, 5.41) is 3.88. The lowest BCUT2D eigenvalue weighted by atomic mass is 9.67. The molecule has 0 spiro atoms. The second-order valence-electron chi connectivity index (χ2n) is 7.04. The number of rotatable bonds is 8. The first kappa shape index (κ1) is 15.0. The third-order valence-electron chi connectivity index (χ3n) is 4.44. The molecular weight excluding hydrogens is 206 g/mol. The van der Waals surface area contributed by atoms with Crippen molar-refractivity contribution in [2.75, 3.05) is 6.54 Å². The second-order valence-corrected chi connectivity index (χ2v) is 7.04. The summed E-state index contributed by atoms with van der Waals surface area (Å²) in [6.07, 6.45) is 8.37. The van der Waals surface area contributed by atoms with E-state index in [-0.39, 0.29) is 0 Å². The minimum atomic E-state index is 0.659. The molecule has 102 valence electrons. The third kappa shape index (κ3) is 4.99. The van der Waals surface area contributed by atoms with Gasteiger partial charge in [-0.2, -0.15) is 0 Å². The smallest absolute Gasteiger partial charge is 0.00721 e. The molecule has 0 aromatic heterocycles. The highest BCUT2D eigenvalue weighted by molar-refractivity contribution is 4.89. The molecule has 0 aromatic rings. The molecule has 0 aromatic carbocycles. The zero-order valence-corrected chi connectivity index (χ0v) is 12.7. The fraction of sp³-hybridized carbons (Fsp3) is 1.00. The van der Waals surface area contributed by atoms with Crippen molar-refractivity contribution in [3.8, 4) is 0 Å². The van der Waals surface area contributed by atoms with Crippen LogP contribution in [0.4, 0.5) is 0 Å². The van der Waals surface area contributed by atoms with Gasteiger partial charge in [0.2, 0.25) is 0 Å². The SMILES string of the molecule is CCC1(CNC(CC(C)C)CC(C)C)CCC1. The van der Waals surface area contributed by atoms with E-state index < -0.39 is 0 Å². The van der Waals surface area contributed by atoms with Crippen LogP contribution in [0.2, 0.25) is 0 Å². The second kappa shape index (κ2) is 6.78. The fourth-order valence-electron chi connectivity index (χ4n) is 3.09. The Bertz CT molecular complexity index is 188. The minimum absolute atomic E-state index is 0.659. The van der Waals surface area contributed by atoms with E-state index in [1.807, 2.05) is 0 Å². The average molecular weight is 239 g/mol. The molecule has 0 heterocycles. The average Bonchev–Trinajstić information content (AvgIpc) is 2.14. The summed E-state index contributed by atoms with van der Waals surface area (Å²) < 4.78 is 0. The highest BCUT2D eigenvalue weighted by Crippen LogP contribution is 2.43. The van der Waals surface area contributed by atoms with Gasteiger partial charge in [-0.1, -0.05) is 41.0 Å².